The maximum absolute atomic E-state index is 5.90. The summed E-state index contributed by atoms with van der Waals surface area (Å²) in [4.78, 5) is 6.92. The average molecular weight is 371 g/mol. The first-order valence-electron chi connectivity index (χ1n) is 9.28. The lowest BCUT2D eigenvalue weighted by atomic mass is 9.96. The molecule has 0 bridgehead atoms. The number of thiocarbonyl (C=S) groups is 1. The Morgan fingerprint density at radius 2 is 2.19 bits per heavy atom. The molecule has 2 aromatic rings. The van der Waals surface area contributed by atoms with Gasteiger partial charge in [0.15, 0.2) is 5.11 Å². The molecule has 3 atom stereocenters. The molecule has 138 valence electrons. The van der Waals surface area contributed by atoms with Gasteiger partial charge in [0.25, 0.3) is 0 Å². The van der Waals surface area contributed by atoms with Crippen molar-refractivity contribution in [2.75, 3.05) is 13.2 Å². The van der Waals surface area contributed by atoms with Gasteiger partial charge < -0.3 is 19.5 Å². The quantitative estimate of drug-likeness (QED) is 0.837. The minimum Gasteiger partial charge on any atom is -0.376 e. The third kappa shape index (κ3) is 3.01. The highest BCUT2D eigenvalue weighted by atomic mass is 32.1. The molecule has 2 aromatic heterocycles. The van der Waals surface area contributed by atoms with Crippen molar-refractivity contribution in [1.29, 1.82) is 0 Å². The molecule has 0 unspecified atom stereocenters. The molecule has 4 heterocycles. The van der Waals surface area contributed by atoms with Crippen molar-refractivity contribution in [2.45, 2.75) is 44.9 Å². The number of aromatic nitrogens is 2. The van der Waals surface area contributed by atoms with Crippen molar-refractivity contribution >= 4 is 17.3 Å². The van der Waals surface area contributed by atoms with E-state index in [9.17, 15) is 0 Å². The van der Waals surface area contributed by atoms with Crippen LogP contribution in [-0.2, 0) is 11.8 Å². The molecule has 1 N–H and O–H groups in total. The Balaban J connectivity index is 1.74. The molecular weight excluding hydrogens is 344 g/mol. The van der Waals surface area contributed by atoms with Gasteiger partial charge >= 0.3 is 0 Å². The second kappa shape index (κ2) is 7.00. The lowest BCUT2D eigenvalue weighted by Gasteiger charge is -2.29. The summed E-state index contributed by atoms with van der Waals surface area (Å²) < 4.78 is 8.14. The van der Waals surface area contributed by atoms with Crippen molar-refractivity contribution < 1.29 is 4.74 Å². The lowest BCUT2D eigenvalue weighted by molar-refractivity contribution is 0.0842. The van der Waals surface area contributed by atoms with E-state index in [1.54, 1.807) is 0 Å². The van der Waals surface area contributed by atoms with Crippen LogP contribution in [0.25, 0.3) is 0 Å². The SMILES string of the molecule is Cc1cc([C@@H]2[C@H](c3ccccn3)NC(=S)N2C[C@H]2CCCO2)c(C)n1C. The van der Waals surface area contributed by atoms with E-state index in [1.165, 1.54) is 17.0 Å². The number of aryl methyl sites for hydroxylation is 1. The van der Waals surface area contributed by atoms with Crippen LogP contribution in [-0.4, -0.2) is 38.8 Å². The Hall–Kier alpha value is -1.92. The number of pyridine rings is 1. The van der Waals surface area contributed by atoms with Gasteiger partial charge in [0, 0.05) is 37.8 Å². The lowest BCUT2D eigenvalue weighted by Crippen LogP contribution is -2.36. The highest BCUT2D eigenvalue weighted by Crippen LogP contribution is 2.41. The Kier molecular flexibility index (Phi) is 4.71. The van der Waals surface area contributed by atoms with E-state index in [4.69, 9.17) is 17.0 Å². The first-order chi connectivity index (χ1) is 12.6. The molecule has 0 amide bonds. The highest BCUT2D eigenvalue weighted by molar-refractivity contribution is 7.80. The smallest absolute Gasteiger partial charge is 0.170 e. The van der Waals surface area contributed by atoms with Crippen molar-refractivity contribution in [2.24, 2.45) is 7.05 Å². The van der Waals surface area contributed by atoms with Crippen molar-refractivity contribution in [1.82, 2.24) is 19.8 Å². The third-order valence-corrected chi connectivity index (χ3v) is 6.11. The summed E-state index contributed by atoms with van der Waals surface area (Å²) in [6.07, 6.45) is 4.34. The maximum atomic E-state index is 5.90. The minimum absolute atomic E-state index is 0.0469. The summed E-state index contributed by atoms with van der Waals surface area (Å²) in [6.45, 7) is 6.02. The summed E-state index contributed by atoms with van der Waals surface area (Å²) in [7, 11) is 2.12. The van der Waals surface area contributed by atoms with Gasteiger partial charge in [-0.25, -0.2) is 0 Å². The number of ether oxygens (including phenoxy) is 1. The Bertz CT molecular complexity index is 798. The number of nitrogens with zero attached hydrogens (tertiary/aromatic N) is 3. The zero-order valence-corrected chi connectivity index (χ0v) is 16.4. The Morgan fingerprint density at radius 1 is 1.35 bits per heavy atom. The van der Waals surface area contributed by atoms with Crippen molar-refractivity contribution in [3.63, 3.8) is 0 Å². The molecular formula is C20H26N4OS. The fourth-order valence-corrected chi connectivity index (χ4v) is 4.45. The van der Waals surface area contributed by atoms with Crippen LogP contribution in [0.3, 0.4) is 0 Å². The van der Waals surface area contributed by atoms with Crippen LogP contribution in [0.15, 0.2) is 30.5 Å². The number of rotatable bonds is 4. The zero-order valence-electron chi connectivity index (χ0n) is 15.6. The van der Waals surface area contributed by atoms with Crippen LogP contribution in [0.2, 0.25) is 0 Å². The van der Waals surface area contributed by atoms with Gasteiger partial charge in [-0.1, -0.05) is 6.07 Å². The second-order valence-corrected chi connectivity index (χ2v) is 7.69. The number of nitrogens with one attached hydrogen (secondary N) is 1. The molecule has 2 fully saturated rings. The van der Waals surface area contributed by atoms with Crippen LogP contribution in [0.1, 0.15) is 47.6 Å². The normalized spacial score (nSPS) is 25.7. The molecule has 0 saturated carbocycles. The monoisotopic (exact) mass is 370 g/mol. The molecule has 0 aromatic carbocycles. The zero-order chi connectivity index (χ0) is 18.3. The number of hydrogen-bond acceptors (Lipinski definition) is 3. The topological polar surface area (TPSA) is 42.3 Å². The van der Waals surface area contributed by atoms with Crippen LogP contribution >= 0.6 is 12.2 Å². The molecule has 6 heteroatoms. The summed E-state index contributed by atoms with van der Waals surface area (Å²) in [5.74, 6) is 0. The fourth-order valence-electron chi connectivity index (χ4n) is 4.13. The number of hydrogen-bond donors (Lipinski definition) is 1. The van der Waals surface area contributed by atoms with Gasteiger partial charge in [-0.15, -0.1) is 0 Å². The highest BCUT2D eigenvalue weighted by Gasteiger charge is 2.42. The van der Waals surface area contributed by atoms with E-state index in [1.807, 2.05) is 18.3 Å². The molecule has 2 aliphatic rings. The maximum Gasteiger partial charge on any atom is 0.170 e. The van der Waals surface area contributed by atoms with E-state index in [0.717, 1.165) is 36.8 Å². The van der Waals surface area contributed by atoms with Crippen LogP contribution < -0.4 is 5.32 Å². The summed E-state index contributed by atoms with van der Waals surface area (Å²) in [5.41, 5.74) is 4.87. The standard InChI is InChI=1S/C20H26N4OS/c1-13-11-16(14(2)23(13)3)19-18(17-8-4-5-9-21-17)22-20(26)24(19)12-15-7-6-10-25-15/h4-5,8-9,11,15,18-19H,6-7,10,12H2,1-3H3,(H,22,26)/t15-,18+,19-/m1/s1. The van der Waals surface area contributed by atoms with Crippen molar-refractivity contribution in [3.05, 3.63) is 53.1 Å². The van der Waals surface area contributed by atoms with Gasteiger partial charge in [-0.3, -0.25) is 4.98 Å². The Morgan fingerprint density at radius 3 is 2.81 bits per heavy atom. The summed E-state index contributed by atoms with van der Waals surface area (Å²) >= 11 is 5.74. The molecule has 2 saturated heterocycles. The minimum atomic E-state index is 0.0469. The van der Waals surface area contributed by atoms with E-state index in [0.29, 0.717) is 0 Å². The fraction of sp³-hybridized carbons (Fsp3) is 0.500. The summed E-state index contributed by atoms with van der Waals surface area (Å²) in [5, 5.41) is 4.32. The van der Waals surface area contributed by atoms with Gasteiger partial charge in [0.05, 0.1) is 23.9 Å². The van der Waals surface area contributed by atoms with Crippen LogP contribution in [0.5, 0.6) is 0 Å². The van der Waals surface area contributed by atoms with Gasteiger partial charge in [0.2, 0.25) is 0 Å². The van der Waals surface area contributed by atoms with E-state index in [2.05, 4.69) is 52.8 Å². The first kappa shape index (κ1) is 17.5. The predicted octanol–water partition coefficient (Wildman–Crippen LogP) is 3.19. The Labute approximate surface area is 160 Å². The molecule has 4 rings (SSSR count). The molecule has 5 nitrogen and oxygen atoms in total. The van der Waals surface area contributed by atoms with Gasteiger partial charge in [0.1, 0.15) is 0 Å². The van der Waals surface area contributed by atoms with Crippen LogP contribution in [0, 0.1) is 13.8 Å². The van der Waals surface area contributed by atoms with E-state index < -0.39 is 0 Å². The molecule has 0 aliphatic carbocycles. The largest absolute Gasteiger partial charge is 0.376 e. The molecule has 0 radical (unpaired) electrons. The van der Waals surface area contributed by atoms with E-state index >= 15 is 0 Å². The van der Waals surface area contributed by atoms with Crippen LogP contribution in [0.4, 0.5) is 0 Å². The predicted molar refractivity (Wildman–Crippen MR) is 106 cm³/mol. The molecule has 0 spiro atoms. The van der Waals surface area contributed by atoms with Crippen molar-refractivity contribution in [3.8, 4) is 0 Å². The average Bonchev–Trinajstić information content (AvgIpc) is 3.33. The first-order valence-corrected chi connectivity index (χ1v) is 9.69. The third-order valence-electron chi connectivity index (χ3n) is 5.76. The second-order valence-electron chi connectivity index (χ2n) is 7.30. The summed E-state index contributed by atoms with van der Waals surface area (Å²) in [6, 6.07) is 8.53. The van der Waals surface area contributed by atoms with Gasteiger partial charge in [-0.05, 0) is 62.7 Å². The van der Waals surface area contributed by atoms with Gasteiger partial charge in [-0.2, -0.15) is 0 Å². The molecule has 26 heavy (non-hydrogen) atoms. The van der Waals surface area contributed by atoms with E-state index in [-0.39, 0.29) is 18.2 Å². The molecule has 2 aliphatic heterocycles.